The van der Waals surface area contributed by atoms with Gasteiger partial charge in [0.05, 0.1) is 33.6 Å². The number of hydrogen-bond donors (Lipinski definition) is 1. The summed E-state index contributed by atoms with van der Waals surface area (Å²) in [6, 6.07) is 10.5. The molecule has 0 aliphatic heterocycles. The molecule has 0 atom stereocenters. The van der Waals surface area contributed by atoms with Crippen LogP contribution >= 0.6 is 46.6 Å². The summed E-state index contributed by atoms with van der Waals surface area (Å²) in [7, 11) is 3.45. The van der Waals surface area contributed by atoms with E-state index in [9.17, 15) is 4.79 Å². The highest BCUT2D eigenvalue weighted by molar-refractivity contribution is 7.99. The van der Waals surface area contributed by atoms with Crippen LogP contribution in [0.1, 0.15) is 0 Å². The standard InChI is InChI=1S/C18H15Cl3N4O2S/c1-25-17(10-4-3-5-11(6-10)27-2)23-24-18(25)28-9-16(26)22-15-8-13(20)12(19)7-14(15)21/h3-8H,9H2,1-2H3,(H,22,26). The molecule has 0 unspecified atom stereocenters. The van der Waals surface area contributed by atoms with Gasteiger partial charge < -0.3 is 14.6 Å². The lowest BCUT2D eigenvalue weighted by Gasteiger charge is -2.09. The summed E-state index contributed by atoms with van der Waals surface area (Å²) in [5.41, 5.74) is 1.27. The van der Waals surface area contributed by atoms with Crippen LogP contribution in [-0.4, -0.2) is 33.5 Å². The molecule has 28 heavy (non-hydrogen) atoms. The predicted octanol–water partition coefficient (Wildman–Crippen LogP) is 5.18. The van der Waals surface area contributed by atoms with Crippen LogP contribution in [0, 0.1) is 0 Å². The topological polar surface area (TPSA) is 69.0 Å². The Balaban J connectivity index is 1.67. The van der Waals surface area contributed by atoms with E-state index in [1.54, 1.807) is 7.11 Å². The molecule has 146 valence electrons. The van der Waals surface area contributed by atoms with Gasteiger partial charge in [-0.15, -0.1) is 10.2 Å². The molecule has 0 radical (unpaired) electrons. The van der Waals surface area contributed by atoms with E-state index in [1.165, 1.54) is 23.9 Å². The first-order chi connectivity index (χ1) is 13.4. The Hall–Kier alpha value is -1.93. The summed E-state index contributed by atoms with van der Waals surface area (Å²) in [4.78, 5) is 12.3. The van der Waals surface area contributed by atoms with Gasteiger partial charge >= 0.3 is 0 Å². The van der Waals surface area contributed by atoms with Crippen LogP contribution in [0.25, 0.3) is 11.4 Å². The Kier molecular flexibility index (Phi) is 6.72. The Morgan fingerprint density at radius 3 is 2.64 bits per heavy atom. The fourth-order valence-corrected chi connectivity index (χ4v) is 3.69. The van der Waals surface area contributed by atoms with Gasteiger partial charge in [-0.25, -0.2) is 0 Å². The summed E-state index contributed by atoms with van der Waals surface area (Å²) in [5.74, 6) is 1.28. The van der Waals surface area contributed by atoms with Crippen molar-refractivity contribution >= 4 is 58.2 Å². The largest absolute Gasteiger partial charge is 0.497 e. The van der Waals surface area contributed by atoms with E-state index in [-0.39, 0.29) is 11.7 Å². The number of hydrogen-bond acceptors (Lipinski definition) is 5. The van der Waals surface area contributed by atoms with E-state index in [2.05, 4.69) is 15.5 Å². The second kappa shape index (κ2) is 9.05. The van der Waals surface area contributed by atoms with Crippen LogP contribution in [0.2, 0.25) is 15.1 Å². The molecule has 0 fully saturated rings. The number of carbonyl (C=O) groups excluding carboxylic acids is 1. The van der Waals surface area contributed by atoms with E-state index in [1.807, 2.05) is 35.9 Å². The molecule has 0 saturated carbocycles. The van der Waals surface area contributed by atoms with Gasteiger partial charge in [0.1, 0.15) is 5.75 Å². The Morgan fingerprint density at radius 1 is 1.14 bits per heavy atom. The zero-order valence-corrected chi connectivity index (χ0v) is 18.0. The van der Waals surface area contributed by atoms with Gasteiger partial charge in [0.25, 0.3) is 0 Å². The number of rotatable bonds is 6. The number of ether oxygens (including phenoxy) is 1. The molecular formula is C18H15Cl3N4O2S. The van der Waals surface area contributed by atoms with Gasteiger partial charge in [0.15, 0.2) is 11.0 Å². The zero-order chi connectivity index (χ0) is 20.3. The van der Waals surface area contributed by atoms with E-state index in [4.69, 9.17) is 39.5 Å². The summed E-state index contributed by atoms with van der Waals surface area (Å²) in [6.45, 7) is 0. The summed E-state index contributed by atoms with van der Waals surface area (Å²) in [6.07, 6.45) is 0. The highest BCUT2D eigenvalue weighted by Crippen LogP contribution is 2.32. The molecule has 1 N–H and O–H groups in total. The Labute approximate surface area is 181 Å². The van der Waals surface area contributed by atoms with Crippen molar-refractivity contribution in [2.24, 2.45) is 7.05 Å². The number of halogens is 3. The highest BCUT2D eigenvalue weighted by Gasteiger charge is 2.15. The fourth-order valence-electron chi connectivity index (χ4n) is 2.39. The van der Waals surface area contributed by atoms with Crippen molar-refractivity contribution in [1.29, 1.82) is 0 Å². The third-order valence-electron chi connectivity index (χ3n) is 3.78. The van der Waals surface area contributed by atoms with Crippen LogP contribution in [0.4, 0.5) is 5.69 Å². The molecule has 2 aromatic carbocycles. The molecule has 0 saturated heterocycles. The first-order valence-corrected chi connectivity index (χ1v) is 10.1. The SMILES string of the molecule is COc1cccc(-c2nnc(SCC(=O)Nc3cc(Cl)c(Cl)cc3Cl)n2C)c1. The molecule has 6 nitrogen and oxygen atoms in total. The monoisotopic (exact) mass is 456 g/mol. The van der Waals surface area contributed by atoms with Gasteiger partial charge in [0.2, 0.25) is 5.91 Å². The molecule has 1 heterocycles. The van der Waals surface area contributed by atoms with Crippen LogP contribution in [0.5, 0.6) is 5.75 Å². The van der Waals surface area contributed by atoms with Gasteiger partial charge in [-0.1, -0.05) is 58.7 Å². The normalized spacial score (nSPS) is 10.8. The molecule has 3 rings (SSSR count). The maximum absolute atomic E-state index is 12.3. The molecular weight excluding hydrogens is 443 g/mol. The minimum atomic E-state index is -0.254. The van der Waals surface area contributed by atoms with Gasteiger partial charge in [0, 0.05) is 12.6 Å². The van der Waals surface area contributed by atoms with Crippen LogP contribution < -0.4 is 10.1 Å². The molecule has 0 spiro atoms. The van der Waals surface area contributed by atoms with Crippen LogP contribution in [0.15, 0.2) is 41.6 Å². The van der Waals surface area contributed by atoms with Gasteiger partial charge in [-0.2, -0.15) is 0 Å². The minimum Gasteiger partial charge on any atom is -0.497 e. The molecule has 10 heteroatoms. The smallest absolute Gasteiger partial charge is 0.234 e. The summed E-state index contributed by atoms with van der Waals surface area (Å²) < 4.78 is 7.06. The number of carbonyl (C=O) groups is 1. The third kappa shape index (κ3) is 4.72. The van der Waals surface area contributed by atoms with Crippen molar-refractivity contribution in [1.82, 2.24) is 14.8 Å². The second-order valence-corrected chi connectivity index (χ2v) is 7.84. The maximum atomic E-state index is 12.3. The maximum Gasteiger partial charge on any atom is 0.234 e. The van der Waals surface area contributed by atoms with Crippen molar-refractivity contribution in [3.63, 3.8) is 0 Å². The van der Waals surface area contributed by atoms with E-state index in [0.717, 1.165) is 11.3 Å². The van der Waals surface area contributed by atoms with Gasteiger partial charge in [-0.05, 0) is 24.3 Å². The Morgan fingerprint density at radius 2 is 1.89 bits per heavy atom. The van der Waals surface area contributed by atoms with Crippen molar-refractivity contribution < 1.29 is 9.53 Å². The number of aromatic nitrogens is 3. The average molecular weight is 458 g/mol. The van der Waals surface area contributed by atoms with E-state index in [0.29, 0.717) is 31.7 Å². The first-order valence-electron chi connectivity index (χ1n) is 8.00. The number of nitrogens with one attached hydrogen (secondary N) is 1. The first kappa shape index (κ1) is 20.8. The van der Waals surface area contributed by atoms with Gasteiger partial charge in [-0.3, -0.25) is 4.79 Å². The molecule has 3 aromatic rings. The molecule has 0 aliphatic rings. The van der Waals surface area contributed by atoms with Crippen molar-refractivity contribution in [2.75, 3.05) is 18.2 Å². The van der Waals surface area contributed by atoms with Crippen molar-refractivity contribution in [3.8, 4) is 17.1 Å². The number of methoxy groups -OCH3 is 1. The highest BCUT2D eigenvalue weighted by atomic mass is 35.5. The minimum absolute atomic E-state index is 0.126. The van der Waals surface area contributed by atoms with Crippen molar-refractivity contribution in [3.05, 3.63) is 51.5 Å². The number of anilines is 1. The third-order valence-corrected chi connectivity index (χ3v) is 5.83. The number of nitrogens with zero attached hydrogens (tertiary/aromatic N) is 3. The Bertz CT molecular complexity index is 1030. The molecule has 1 aromatic heterocycles. The lowest BCUT2D eigenvalue weighted by Crippen LogP contribution is -2.14. The van der Waals surface area contributed by atoms with E-state index >= 15 is 0 Å². The number of thioether (sulfide) groups is 1. The average Bonchev–Trinajstić information content (AvgIpc) is 3.05. The molecule has 0 aliphatic carbocycles. The second-order valence-electron chi connectivity index (χ2n) is 5.68. The lowest BCUT2D eigenvalue weighted by molar-refractivity contribution is -0.113. The lowest BCUT2D eigenvalue weighted by atomic mass is 10.2. The predicted molar refractivity (Wildman–Crippen MR) is 114 cm³/mol. The van der Waals surface area contributed by atoms with E-state index < -0.39 is 0 Å². The number of amides is 1. The molecule has 1 amide bonds. The van der Waals surface area contributed by atoms with Crippen molar-refractivity contribution in [2.45, 2.75) is 5.16 Å². The van der Waals surface area contributed by atoms with Crippen LogP contribution in [0.3, 0.4) is 0 Å². The summed E-state index contributed by atoms with van der Waals surface area (Å²) >= 11 is 19.2. The van der Waals surface area contributed by atoms with Crippen LogP contribution in [-0.2, 0) is 11.8 Å². The fraction of sp³-hybridized carbons (Fsp3) is 0.167. The quantitative estimate of drug-likeness (QED) is 0.408. The zero-order valence-electron chi connectivity index (χ0n) is 14.9. The number of benzene rings is 2. The summed E-state index contributed by atoms with van der Waals surface area (Å²) in [5, 5.41) is 12.6. The molecule has 0 bridgehead atoms.